The zero-order valence-electron chi connectivity index (χ0n) is 7.84. The van der Waals surface area contributed by atoms with E-state index in [1.165, 1.54) is 0 Å². The minimum atomic E-state index is -2.74. The third kappa shape index (κ3) is 2.86. The number of aromatic nitrogens is 1. The van der Waals surface area contributed by atoms with Crippen molar-refractivity contribution in [3.8, 4) is 0 Å². The third-order valence-electron chi connectivity index (χ3n) is 1.60. The first kappa shape index (κ1) is 11.8. The Bertz CT molecular complexity index is 371. The molecule has 0 aliphatic carbocycles. The predicted molar refractivity (Wildman–Crippen MR) is 50.2 cm³/mol. The van der Waals surface area contributed by atoms with Crippen LogP contribution in [0.25, 0.3) is 0 Å². The molecule has 0 aliphatic rings. The highest BCUT2D eigenvalue weighted by Gasteiger charge is 2.16. The SMILES string of the molecule is CCOC(=O)c1cc(C(F)F)ncc1Cl. The van der Waals surface area contributed by atoms with E-state index in [1.54, 1.807) is 6.92 Å². The van der Waals surface area contributed by atoms with Crippen molar-refractivity contribution in [2.24, 2.45) is 0 Å². The summed E-state index contributed by atoms with van der Waals surface area (Å²) < 4.78 is 29.2. The molecule has 1 rings (SSSR count). The lowest BCUT2D eigenvalue weighted by Gasteiger charge is -2.05. The smallest absolute Gasteiger partial charge is 0.339 e. The van der Waals surface area contributed by atoms with Crippen molar-refractivity contribution >= 4 is 17.6 Å². The van der Waals surface area contributed by atoms with Crippen LogP contribution in [-0.2, 0) is 4.74 Å². The van der Waals surface area contributed by atoms with Crippen LogP contribution in [0, 0.1) is 0 Å². The van der Waals surface area contributed by atoms with Crippen molar-refractivity contribution < 1.29 is 18.3 Å². The van der Waals surface area contributed by atoms with Gasteiger partial charge in [0.05, 0.1) is 17.2 Å². The summed E-state index contributed by atoms with van der Waals surface area (Å²) >= 11 is 5.62. The van der Waals surface area contributed by atoms with E-state index in [0.29, 0.717) is 0 Å². The van der Waals surface area contributed by atoms with Crippen LogP contribution in [0.15, 0.2) is 12.3 Å². The number of ether oxygens (including phenoxy) is 1. The molecule has 15 heavy (non-hydrogen) atoms. The predicted octanol–water partition coefficient (Wildman–Crippen LogP) is 2.85. The molecule has 0 spiro atoms. The molecule has 0 radical (unpaired) electrons. The van der Waals surface area contributed by atoms with E-state index >= 15 is 0 Å². The molecule has 0 fully saturated rings. The molecule has 0 aromatic carbocycles. The first-order chi connectivity index (χ1) is 7.06. The number of alkyl halides is 2. The Balaban J connectivity index is 3.05. The van der Waals surface area contributed by atoms with Gasteiger partial charge in [0.1, 0.15) is 5.69 Å². The number of esters is 1. The summed E-state index contributed by atoms with van der Waals surface area (Å²) in [6, 6.07) is 0.936. The molecule has 82 valence electrons. The van der Waals surface area contributed by atoms with E-state index in [-0.39, 0.29) is 17.2 Å². The molecule has 0 saturated carbocycles. The zero-order valence-corrected chi connectivity index (χ0v) is 8.59. The number of carbonyl (C=O) groups excluding carboxylic acids is 1. The van der Waals surface area contributed by atoms with Crippen molar-refractivity contribution in [2.75, 3.05) is 6.61 Å². The Morgan fingerprint density at radius 1 is 1.67 bits per heavy atom. The van der Waals surface area contributed by atoms with Crippen molar-refractivity contribution in [2.45, 2.75) is 13.3 Å². The van der Waals surface area contributed by atoms with E-state index in [4.69, 9.17) is 11.6 Å². The fourth-order valence-electron chi connectivity index (χ4n) is 0.939. The fraction of sp³-hybridized carbons (Fsp3) is 0.333. The molecule has 0 bridgehead atoms. The number of pyridine rings is 1. The lowest BCUT2D eigenvalue weighted by atomic mass is 10.2. The van der Waals surface area contributed by atoms with Gasteiger partial charge in [0.2, 0.25) is 0 Å². The van der Waals surface area contributed by atoms with Crippen LogP contribution in [0.2, 0.25) is 5.02 Å². The number of hydrogen-bond acceptors (Lipinski definition) is 3. The van der Waals surface area contributed by atoms with Gasteiger partial charge in [0.15, 0.2) is 0 Å². The van der Waals surface area contributed by atoms with Gasteiger partial charge in [-0.2, -0.15) is 0 Å². The van der Waals surface area contributed by atoms with E-state index in [9.17, 15) is 13.6 Å². The third-order valence-corrected chi connectivity index (χ3v) is 1.90. The summed E-state index contributed by atoms with van der Waals surface area (Å²) in [4.78, 5) is 14.7. The first-order valence-corrected chi connectivity index (χ1v) is 4.54. The summed E-state index contributed by atoms with van der Waals surface area (Å²) in [7, 11) is 0. The highest BCUT2D eigenvalue weighted by Crippen LogP contribution is 2.22. The average Bonchev–Trinajstić information content (AvgIpc) is 2.18. The molecule has 6 heteroatoms. The molecule has 0 saturated heterocycles. The van der Waals surface area contributed by atoms with Crippen molar-refractivity contribution in [1.82, 2.24) is 4.98 Å². The Labute approximate surface area is 90.0 Å². The summed E-state index contributed by atoms with van der Waals surface area (Å²) in [5.41, 5.74) is -0.591. The van der Waals surface area contributed by atoms with Crippen LogP contribution in [0.1, 0.15) is 29.4 Å². The summed E-state index contributed by atoms with van der Waals surface area (Å²) in [5.74, 6) is -0.730. The second-order valence-electron chi connectivity index (χ2n) is 2.61. The standard InChI is InChI=1S/C9H8ClF2NO2/c1-2-15-9(14)5-3-7(8(11)12)13-4-6(5)10/h3-4,8H,2H2,1H3. The highest BCUT2D eigenvalue weighted by atomic mass is 35.5. The van der Waals surface area contributed by atoms with Crippen molar-refractivity contribution in [3.05, 3.63) is 28.5 Å². The average molecular weight is 236 g/mol. The molecule has 0 atom stereocenters. The van der Waals surface area contributed by atoms with Gasteiger partial charge in [-0.05, 0) is 13.0 Å². The topological polar surface area (TPSA) is 39.2 Å². The molecule has 0 amide bonds. The number of carbonyl (C=O) groups is 1. The van der Waals surface area contributed by atoms with Gasteiger partial charge in [0, 0.05) is 6.20 Å². The van der Waals surface area contributed by atoms with Gasteiger partial charge in [-0.25, -0.2) is 13.6 Å². The van der Waals surface area contributed by atoms with E-state index < -0.39 is 18.1 Å². The van der Waals surface area contributed by atoms with E-state index in [0.717, 1.165) is 12.3 Å². The maximum atomic E-state index is 12.3. The largest absolute Gasteiger partial charge is 0.462 e. The molecule has 1 heterocycles. The second kappa shape index (κ2) is 5.02. The maximum Gasteiger partial charge on any atom is 0.339 e. The Kier molecular flexibility index (Phi) is 3.96. The monoisotopic (exact) mass is 235 g/mol. The Morgan fingerprint density at radius 2 is 2.33 bits per heavy atom. The van der Waals surface area contributed by atoms with Gasteiger partial charge in [-0.1, -0.05) is 11.6 Å². The second-order valence-corrected chi connectivity index (χ2v) is 3.02. The van der Waals surface area contributed by atoms with Crippen LogP contribution >= 0.6 is 11.6 Å². The van der Waals surface area contributed by atoms with Crippen LogP contribution in [0.5, 0.6) is 0 Å². The van der Waals surface area contributed by atoms with E-state index in [2.05, 4.69) is 9.72 Å². The molecule has 0 unspecified atom stereocenters. The van der Waals surface area contributed by atoms with E-state index in [1.807, 2.05) is 0 Å². The zero-order chi connectivity index (χ0) is 11.4. The minimum Gasteiger partial charge on any atom is -0.462 e. The molecule has 0 aliphatic heterocycles. The van der Waals surface area contributed by atoms with Crippen molar-refractivity contribution in [3.63, 3.8) is 0 Å². The molecule has 1 aromatic rings. The quantitative estimate of drug-likeness (QED) is 0.757. The molecule has 3 nitrogen and oxygen atoms in total. The van der Waals surface area contributed by atoms with Crippen LogP contribution < -0.4 is 0 Å². The fourth-order valence-corrected chi connectivity index (χ4v) is 1.12. The molecule has 1 aromatic heterocycles. The van der Waals surface area contributed by atoms with Gasteiger partial charge in [0.25, 0.3) is 6.43 Å². The summed E-state index contributed by atoms with van der Waals surface area (Å²) in [6.45, 7) is 1.77. The minimum absolute atomic E-state index is 0.00199. The highest BCUT2D eigenvalue weighted by molar-refractivity contribution is 6.33. The van der Waals surface area contributed by atoms with Gasteiger partial charge < -0.3 is 4.74 Å². The maximum absolute atomic E-state index is 12.3. The summed E-state index contributed by atoms with van der Waals surface area (Å²) in [5, 5.41) is -0.00199. The van der Waals surface area contributed by atoms with Crippen LogP contribution in [-0.4, -0.2) is 17.6 Å². The molecular weight excluding hydrogens is 228 g/mol. The van der Waals surface area contributed by atoms with Gasteiger partial charge >= 0.3 is 5.97 Å². The van der Waals surface area contributed by atoms with Crippen LogP contribution in [0.4, 0.5) is 8.78 Å². The van der Waals surface area contributed by atoms with Crippen molar-refractivity contribution in [1.29, 1.82) is 0 Å². The Hall–Kier alpha value is -1.23. The van der Waals surface area contributed by atoms with Gasteiger partial charge in [-0.15, -0.1) is 0 Å². The molecular formula is C9H8ClF2NO2. The van der Waals surface area contributed by atoms with Gasteiger partial charge in [-0.3, -0.25) is 4.98 Å². The lowest BCUT2D eigenvalue weighted by molar-refractivity contribution is 0.0526. The first-order valence-electron chi connectivity index (χ1n) is 4.17. The molecule has 0 N–H and O–H groups in total. The normalized spacial score (nSPS) is 10.5. The number of nitrogens with zero attached hydrogens (tertiary/aromatic N) is 1. The lowest BCUT2D eigenvalue weighted by Crippen LogP contribution is -2.07. The number of hydrogen-bond donors (Lipinski definition) is 0. The number of halogens is 3. The Morgan fingerprint density at radius 3 is 2.87 bits per heavy atom. The number of rotatable bonds is 3. The van der Waals surface area contributed by atoms with Crippen LogP contribution in [0.3, 0.4) is 0 Å². The summed E-state index contributed by atoms with van der Waals surface area (Å²) in [6.07, 6.45) is -1.73.